The first-order valence-electron chi connectivity index (χ1n) is 10.9. The third kappa shape index (κ3) is 4.54. The molecule has 0 radical (unpaired) electrons. The van der Waals surface area contributed by atoms with Gasteiger partial charge in [-0.15, -0.1) is 0 Å². The lowest BCUT2D eigenvalue weighted by molar-refractivity contribution is -0.122. The van der Waals surface area contributed by atoms with E-state index < -0.39 is 0 Å². The molecule has 1 aliphatic carbocycles. The topological polar surface area (TPSA) is 50.7 Å². The molecule has 5 rings (SSSR count). The quantitative estimate of drug-likeness (QED) is 0.309. The van der Waals surface area contributed by atoms with E-state index in [0.717, 1.165) is 23.3 Å². The van der Waals surface area contributed by atoms with Crippen molar-refractivity contribution in [1.82, 2.24) is 5.43 Å². The molecule has 4 aromatic rings. The number of carbonyl (C=O) groups is 1. The summed E-state index contributed by atoms with van der Waals surface area (Å²) < 4.78 is 6.03. The van der Waals surface area contributed by atoms with Crippen LogP contribution in [0.5, 0.6) is 5.75 Å². The van der Waals surface area contributed by atoms with Gasteiger partial charge in [-0.05, 0) is 51.9 Å². The smallest absolute Gasteiger partial charge is 0.243 e. The number of hydrogen-bond donors (Lipinski definition) is 1. The lowest BCUT2D eigenvalue weighted by Crippen LogP contribution is -2.20. The zero-order valence-electron chi connectivity index (χ0n) is 17.6. The molecule has 0 bridgehead atoms. The predicted octanol–water partition coefficient (Wildman–Crippen LogP) is 5.67. The van der Waals surface area contributed by atoms with Gasteiger partial charge >= 0.3 is 0 Å². The molecule has 4 heteroatoms. The van der Waals surface area contributed by atoms with Gasteiger partial charge in [-0.3, -0.25) is 4.79 Å². The van der Waals surface area contributed by atoms with Crippen molar-refractivity contribution in [2.45, 2.75) is 18.9 Å². The van der Waals surface area contributed by atoms with Crippen LogP contribution in [0.1, 0.15) is 29.0 Å². The van der Waals surface area contributed by atoms with Crippen molar-refractivity contribution >= 4 is 22.9 Å². The highest BCUT2D eigenvalue weighted by atomic mass is 16.5. The van der Waals surface area contributed by atoms with Gasteiger partial charge in [-0.1, -0.05) is 84.9 Å². The number of amides is 1. The molecule has 4 aromatic carbocycles. The fourth-order valence-corrected chi connectivity index (χ4v) is 4.07. The molecular formula is C28H24N2O2. The van der Waals surface area contributed by atoms with Crippen LogP contribution in [0.4, 0.5) is 0 Å². The van der Waals surface area contributed by atoms with E-state index in [4.69, 9.17) is 4.74 Å². The zero-order valence-corrected chi connectivity index (χ0v) is 17.6. The van der Waals surface area contributed by atoms with Crippen molar-refractivity contribution in [3.63, 3.8) is 0 Å². The van der Waals surface area contributed by atoms with Crippen LogP contribution in [0, 0.1) is 5.92 Å². The van der Waals surface area contributed by atoms with E-state index in [2.05, 4.69) is 53.0 Å². The van der Waals surface area contributed by atoms with Crippen LogP contribution in [0.25, 0.3) is 10.8 Å². The maximum absolute atomic E-state index is 12.4. The zero-order chi connectivity index (χ0) is 21.8. The molecule has 1 N–H and O–H groups in total. The summed E-state index contributed by atoms with van der Waals surface area (Å²) in [6.45, 7) is 0.487. The standard InChI is InChI=1S/C28H24N2O2/c31-28(27-17-26(27)22-9-2-1-3-10-22)30-29-18-20-8-6-14-24(16-20)32-19-23-13-7-12-21-11-4-5-15-25(21)23/h1-16,18,26-27H,17,19H2,(H,30,31)/b29-18+/t26-,27+/m0/s1. The number of carbonyl (C=O) groups excluding carboxylic acids is 1. The van der Waals surface area contributed by atoms with E-state index in [1.165, 1.54) is 16.3 Å². The predicted molar refractivity (Wildman–Crippen MR) is 128 cm³/mol. The highest BCUT2D eigenvalue weighted by molar-refractivity contribution is 5.86. The Labute approximate surface area is 187 Å². The summed E-state index contributed by atoms with van der Waals surface area (Å²) in [7, 11) is 0. The van der Waals surface area contributed by atoms with Crippen molar-refractivity contribution in [1.29, 1.82) is 0 Å². The molecule has 0 aliphatic heterocycles. The van der Waals surface area contributed by atoms with Gasteiger partial charge in [0.2, 0.25) is 5.91 Å². The summed E-state index contributed by atoms with van der Waals surface area (Å²) in [6, 6.07) is 32.4. The number of hydrazone groups is 1. The second kappa shape index (κ2) is 9.06. The molecule has 32 heavy (non-hydrogen) atoms. The summed E-state index contributed by atoms with van der Waals surface area (Å²) in [5.41, 5.74) is 5.91. The molecule has 0 spiro atoms. The van der Waals surface area contributed by atoms with E-state index in [1.54, 1.807) is 6.21 Å². The minimum Gasteiger partial charge on any atom is -0.489 e. The maximum atomic E-state index is 12.4. The molecule has 0 heterocycles. The molecule has 1 amide bonds. The summed E-state index contributed by atoms with van der Waals surface area (Å²) in [4.78, 5) is 12.4. The highest BCUT2D eigenvalue weighted by Gasteiger charge is 2.43. The van der Waals surface area contributed by atoms with Crippen LogP contribution in [-0.4, -0.2) is 12.1 Å². The molecular weight excluding hydrogens is 396 g/mol. The van der Waals surface area contributed by atoms with Gasteiger partial charge in [0.1, 0.15) is 12.4 Å². The number of hydrogen-bond acceptors (Lipinski definition) is 3. The second-order valence-corrected chi connectivity index (χ2v) is 8.09. The van der Waals surface area contributed by atoms with Gasteiger partial charge in [-0.2, -0.15) is 5.10 Å². The van der Waals surface area contributed by atoms with Crippen molar-refractivity contribution in [3.05, 3.63) is 114 Å². The maximum Gasteiger partial charge on any atom is 0.243 e. The first-order chi connectivity index (χ1) is 15.8. The molecule has 2 atom stereocenters. The molecule has 4 nitrogen and oxygen atoms in total. The lowest BCUT2D eigenvalue weighted by Gasteiger charge is -2.09. The van der Waals surface area contributed by atoms with E-state index in [9.17, 15) is 4.79 Å². The van der Waals surface area contributed by atoms with Crippen molar-refractivity contribution in [2.75, 3.05) is 0 Å². The minimum atomic E-state index is -0.0292. The summed E-state index contributed by atoms with van der Waals surface area (Å²) in [5, 5.41) is 6.55. The SMILES string of the molecule is O=C(N/N=C/c1cccc(OCc2cccc3ccccc23)c1)[C@@H]1C[C@H]1c1ccccc1. The van der Waals surface area contributed by atoms with Gasteiger partial charge in [0.05, 0.1) is 6.21 Å². The minimum absolute atomic E-state index is 0.00455. The van der Waals surface area contributed by atoms with E-state index >= 15 is 0 Å². The Bertz CT molecular complexity index is 1260. The molecule has 1 aliphatic rings. The lowest BCUT2D eigenvalue weighted by atomic mass is 10.1. The molecule has 0 unspecified atom stereocenters. The molecule has 1 fully saturated rings. The summed E-state index contributed by atoms with van der Waals surface area (Å²) >= 11 is 0. The van der Waals surface area contributed by atoms with Crippen molar-refractivity contribution in [2.24, 2.45) is 11.0 Å². The number of nitrogens with one attached hydrogen (secondary N) is 1. The normalized spacial score (nSPS) is 17.4. The Balaban J connectivity index is 1.17. The van der Waals surface area contributed by atoms with E-state index in [0.29, 0.717) is 12.5 Å². The van der Waals surface area contributed by atoms with E-state index in [-0.39, 0.29) is 11.8 Å². The van der Waals surface area contributed by atoms with Crippen LogP contribution in [0.2, 0.25) is 0 Å². The first kappa shape index (κ1) is 20.0. The van der Waals surface area contributed by atoms with Crippen LogP contribution >= 0.6 is 0 Å². The van der Waals surface area contributed by atoms with Crippen LogP contribution in [-0.2, 0) is 11.4 Å². The summed E-state index contributed by atoms with van der Waals surface area (Å²) in [5.74, 6) is 1.04. The third-order valence-electron chi connectivity index (χ3n) is 5.88. The fraction of sp³-hybridized carbons (Fsp3) is 0.143. The average molecular weight is 421 g/mol. The Hall–Kier alpha value is -3.92. The third-order valence-corrected chi connectivity index (χ3v) is 5.88. The molecule has 0 saturated heterocycles. The molecule has 158 valence electrons. The van der Waals surface area contributed by atoms with E-state index in [1.807, 2.05) is 54.6 Å². The second-order valence-electron chi connectivity index (χ2n) is 8.09. The molecule has 1 saturated carbocycles. The fourth-order valence-electron chi connectivity index (χ4n) is 4.07. The van der Waals surface area contributed by atoms with Gasteiger partial charge in [-0.25, -0.2) is 5.43 Å². The number of benzene rings is 4. The van der Waals surface area contributed by atoms with Crippen LogP contribution in [0.3, 0.4) is 0 Å². The van der Waals surface area contributed by atoms with Crippen LogP contribution < -0.4 is 10.2 Å². The van der Waals surface area contributed by atoms with Gasteiger partial charge < -0.3 is 4.74 Å². The first-order valence-corrected chi connectivity index (χ1v) is 10.9. The number of fused-ring (bicyclic) bond motifs is 1. The Morgan fingerprint density at radius 3 is 2.62 bits per heavy atom. The van der Waals surface area contributed by atoms with Gasteiger partial charge in [0, 0.05) is 5.92 Å². The monoisotopic (exact) mass is 420 g/mol. The Morgan fingerprint density at radius 1 is 0.938 bits per heavy atom. The van der Waals surface area contributed by atoms with Gasteiger partial charge in [0.15, 0.2) is 0 Å². The van der Waals surface area contributed by atoms with Crippen LogP contribution in [0.15, 0.2) is 102 Å². The largest absolute Gasteiger partial charge is 0.489 e. The number of nitrogens with zero attached hydrogens (tertiary/aromatic N) is 1. The highest BCUT2D eigenvalue weighted by Crippen LogP contribution is 2.47. The number of ether oxygens (including phenoxy) is 1. The van der Waals surface area contributed by atoms with Crippen molar-refractivity contribution in [3.8, 4) is 5.75 Å². The average Bonchev–Trinajstić information content (AvgIpc) is 3.65. The number of rotatable bonds is 7. The summed E-state index contributed by atoms with van der Waals surface area (Å²) in [6.07, 6.45) is 2.53. The van der Waals surface area contributed by atoms with Gasteiger partial charge in [0.25, 0.3) is 0 Å². The Morgan fingerprint density at radius 2 is 1.72 bits per heavy atom. The molecule has 0 aromatic heterocycles. The Kier molecular flexibility index (Phi) is 5.67. The van der Waals surface area contributed by atoms with Crippen molar-refractivity contribution < 1.29 is 9.53 Å².